The van der Waals surface area contributed by atoms with Crippen LogP contribution in [0, 0.1) is 23.7 Å². The number of aliphatic carboxylic acids is 1. The third kappa shape index (κ3) is 7.39. The summed E-state index contributed by atoms with van der Waals surface area (Å²) in [5.41, 5.74) is 2.59. The zero-order chi connectivity index (χ0) is 25.9. The summed E-state index contributed by atoms with van der Waals surface area (Å²) in [6, 6.07) is -0.124. The molecule has 3 aliphatic rings. The Morgan fingerprint density at radius 3 is 2.51 bits per heavy atom. The second kappa shape index (κ2) is 12.0. The molecule has 1 aliphatic carbocycles. The molecule has 0 aromatic rings. The molecule has 0 aromatic carbocycles. The minimum absolute atomic E-state index is 0.0435. The lowest BCUT2D eigenvalue weighted by Gasteiger charge is -2.41. The van der Waals surface area contributed by atoms with E-state index in [1.807, 2.05) is 25.1 Å². The Morgan fingerprint density at radius 1 is 1.20 bits per heavy atom. The molecule has 2 N–H and O–H groups in total. The van der Waals surface area contributed by atoms with Gasteiger partial charge in [0.2, 0.25) is 0 Å². The first-order valence-corrected chi connectivity index (χ1v) is 13.1. The molecule has 0 aromatic heterocycles. The van der Waals surface area contributed by atoms with Crippen LogP contribution in [0.25, 0.3) is 0 Å². The highest BCUT2D eigenvalue weighted by molar-refractivity contribution is 5.67. The second-order valence-electron chi connectivity index (χ2n) is 11.1. The van der Waals surface area contributed by atoms with E-state index in [2.05, 4.69) is 65.0 Å². The highest BCUT2D eigenvalue weighted by atomic mass is 16.5. The summed E-state index contributed by atoms with van der Waals surface area (Å²) in [7, 11) is 3.83. The summed E-state index contributed by atoms with van der Waals surface area (Å²) in [5, 5.41) is 20.0. The van der Waals surface area contributed by atoms with Crippen molar-refractivity contribution in [2.24, 2.45) is 23.7 Å². The smallest absolute Gasteiger partial charge is 0.305 e. The van der Waals surface area contributed by atoms with Gasteiger partial charge in [0.25, 0.3) is 0 Å². The Morgan fingerprint density at radius 2 is 1.89 bits per heavy atom. The Labute approximate surface area is 211 Å². The lowest BCUT2D eigenvalue weighted by molar-refractivity contribution is -0.153. The molecule has 0 spiro atoms. The zero-order valence-corrected chi connectivity index (χ0v) is 22.4. The van der Waals surface area contributed by atoms with E-state index in [0.29, 0.717) is 30.1 Å². The van der Waals surface area contributed by atoms with Crippen LogP contribution in [-0.4, -0.2) is 71.7 Å². The number of likely N-dealkylation sites (N-methyl/N-ethyl adjacent to an activating group) is 1. The van der Waals surface area contributed by atoms with E-state index in [0.717, 1.165) is 6.42 Å². The summed E-state index contributed by atoms with van der Waals surface area (Å²) in [6.07, 6.45) is 13.5. The summed E-state index contributed by atoms with van der Waals surface area (Å²) >= 11 is 0. The molecule has 6 heteroatoms. The molecule has 3 rings (SSSR count). The van der Waals surface area contributed by atoms with Crippen LogP contribution in [0.2, 0.25) is 0 Å². The van der Waals surface area contributed by atoms with Gasteiger partial charge in [-0.3, -0.25) is 4.79 Å². The minimum Gasteiger partial charge on any atom is -0.481 e. The number of aliphatic hydroxyl groups excluding tert-OH is 1. The Hall–Kier alpha value is -1.73. The van der Waals surface area contributed by atoms with Crippen molar-refractivity contribution in [2.75, 3.05) is 14.1 Å². The number of carboxylic acids is 1. The van der Waals surface area contributed by atoms with E-state index in [-0.39, 0.29) is 24.7 Å². The first-order chi connectivity index (χ1) is 16.5. The number of nitrogens with zero attached hydrogens (tertiary/aromatic N) is 1. The fraction of sp³-hybridized carbons (Fsp3) is 0.690. The summed E-state index contributed by atoms with van der Waals surface area (Å²) < 4.78 is 12.1. The van der Waals surface area contributed by atoms with E-state index in [4.69, 9.17) is 9.47 Å². The lowest BCUT2D eigenvalue weighted by Crippen LogP contribution is -2.53. The molecule has 0 radical (unpaired) electrons. The van der Waals surface area contributed by atoms with Crippen LogP contribution in [0.5, 0.6) is 0 Å². The number of carbonyl (C=O) groups is 1. The number of hydrogen-bond acceptors (Lipinski definition) is 5. The molecule has 2 aliphatic heterocycles. The fourth-order valence-corrected chi connectivity index (χ4v) is 5.40. The molecule has 196 valence electrons. The average molecular weight is 488 g/mol. The number of allylic oxidation sites excluding steroid dienone is 4. The molecule has 2 fully saturated rings. The van der Waals surface area contributed by atoms with Gasteiger partial charge in [0, 0.05) is 6.04 Å². The van der Waals surface area contributed by atoms with Crippen molar-refractivity contribution in [1.82, 2.24) is 4.90 Å². The topological polar surface area (TPSA) is 79.2 Å². The first kappa shape index (κ1) is 27.9. The summed E-state index contributed by atoms with van der Waals surface area (Å²) in [5.74, 6) is 0.879. The van der Waals surface area contributed by atoms with Crippen molar-refractivity contribution in [3.05, 3.63) is 47.6 Å². The molecule has 1 saturated heterocycles. The molecule has 0 amide bonds. The van der Waals surface area contributed by atoms with Gasteiger partial charge in [0.1, 0.15) is 6.10 Å². The summed E-state index contributed by atoms with van der Waals surface area (Å²) in [4.78, 5) is 13.2. The van der Waals surface area contributed by atoms with Gasteiger partial charge in [-0.25, -0.2) is 0 Å². The maximum Gasteiger partial charge on any atom is 0.305 e. The highest BCUT2D eigenvalue weighted by Crippen LogP contribution is 2.48. The van der Waals surface area contributed by atoms with Crippen LogP contribution in [0.4, 0.5) is 0 Å². The number of hydrogen-bond donors (Lipinski definition) is 2. The van der Waals surface area contributed by atoms with Crippen molar-refractivity contribution in [3.63, 3.8) is 0 Å². The molecule has 35 heavy (non-hydrogen) atoms. The normalized spacial score (nSPS) is 39.3. The van der Waals surface area contributed by atoms with Crippen LogP contribution in [-0.2, 0) is 14.3 Å². The molecular formula is C29H45NO5. The van der Waals surface area contributed by atoms with Crippen LogP contribution in [0.3, 0.4) is 0 Å². The largest absolute Gasteiger partial charge is 0.481 e. The Kier molecular flexibility index (Phi) is 9.55. The molecule has 10 atom stereocenters. The number of ether oxygens (including phenoxy) is 2. The van der Waals surface area contributed by atoms with Gasteiger partial charge in [0.05, 0.1) is 30.8 Å². The van der Waals surface area contributed by atoms with Crippen LogP contribution >= 0.6 is 0 Å². The average Bonchev–Trinajstić information content (AvgIpc) is 3.41. The Balaban J connectivity index is 1.56. The van der Waals surface area contributed by atoms with Crippen LogP contribution in [0.15, 0.2) is 47.6 Å². The number of aliphatic hydroxyl groups is 1. The van der Waals surface area contributed by atoms with E-state index in [9.17, 15) is 15.0 Å². The molecule has 2 heterocycles. The third-order valence-electron chi connectivity index (χ3n) is 8.03. The molecule has 0 bridgehead atoms. The van der Waals surface area contributed by atoms with E-state index in [1.165, 1.54) is 11.1 Å². The quantitative estimate of drug-likeness (QED) is 0.463. The van der Waals surface area contributed by atoms with Crippen molar-refractivity contribution in [2.45, 2.75) is 90.4 Å². The standard InChI is InChI=1S/C29H45NO5/c1-17(14-19(3)26-12-9-18(2)21(5)34-26)8-10-23-20(4)24(23)11-13-27-29(33)25(30(6)7)15-22(35-27)16-28(31)32/h8-11,13-14,17,20-27,29,33H,12,15-16H2,1-7H3,(H,31,32). The lowest BCUT2D eigenvalue weighted by atomic mass is 9.92. The fourth-order valence-electron chi connectivity index (χ4n) is 5.40. The minimum atomic E-state index is -0.873. The second-order valence-corrected chi connectivity index (χ2v) is 11.1. The predicted octanol–water partition coefficient (Wildman–Crippen LogP) is 4.61. The summed E-state index contributed by atoms with van der Waals surface area (Å²) in [6.45, 7) is 10.9. The van der Waals surface area contributed by atoms with Crippen molar-refractivity contribution in [3.8, 4) is 0 Å². The molecular weight excluding hydrogens is 442 g/mol. The predicted molar refractivity (Wildman–Crippen MR) is 139 cm³/mol. The molecule has 6 nitrogen and oxygen atoms in total. The highest BCUT2D eigenvalue weighted by Gasteiger charge is 2.44. The van der Waals surface area contributed by atoms with Gasteiger partial charge in [-0.15, -0.1) is 0 Å². The van der Waals surface area contributed by atoms with E-state index >= 15 is 0 Å². The van der Waals surface area contributed by atoms with Gasteiger partial charge in [-0.2, -0.15) is 0 Å². The van der Waals surface area contributed by atoms with E-state index < -0.39 is 24.3 Å². The first-order valence-electron chi connectivity index (χ1n) is 13.1. The molecule has 10 unspecified atom stereocenters. The van der Waals surface area contributed by atoms with E-state index in [1.54, 1.807) is 0 Å². The van der Waals surface area contributed by atoms with Crippen molar-refractivity contribution < 1.29 is 24.5 Å². The van der Waals surface area contributed by atoms with Gasteiger partial charge in [-0.05, 0) is 82.5 Å². The Bertz CT molecular complexity index is 859. The number of carboxylic acid groups (broad SMARTS) is 1. The number of rotatable bonds is 9. The monoisotopic (exact) mass is 487 g/mol. The van der Waals surface area contributed by atoms with Crippen molar-refractivity contribution in [1.29, 1.82) is 0 Å². The van der Waals surface area contributed by atoms with Gasteiger partial charge in [0.15, 0.2) is 0 Å². The van der Waals surface area contributed by atoms with Crippen molar-refractivity contribution >= 4 is 5.97 Å². The maximum atomic E-state index is 11.2. The van der Waals surface area contributed by atoms with Gasteiger partial charge in [-0.1, -0.05) is 50.3 Å². The van der Waals surface area contributed by atoms with Crippen LogP contribution in [0.1, 0.15) is 53.9 Å². The van der Waals surface area contributed by atoms with Crippen LogP contribution < -0.4 is 0 Å². The SMILES string of the molecule is CC1=CCC(C(C)=CC(C)C=CC2C(C)C2C=CC2OC(CC(=O)O)CC(N(C)C)C2O)OC1C. The van der Waals surface area contributed by atoms with Gasteiger partial charge < -0.3 is 24.6 Å². The molecule has 1 saturated carbocycles. The maximum absolute atomic E-state index is 11.2. The van der Waals surface area contributed by atoms with Gasteiger partial charge >= 0.3 is 5.97 Å². The zero-order valence-electron chi connectivity index (χ0n) is 22.4. The third-order valence-corrected chi connectivity index (χ3v) is 8.03.